The Hall–Kier alpha value is -1.30. The first-order valence-electron chi connectivity index (χ1n) is 6.16. The zero-order valence-corrected chi connectivity index (χ0v) is 11.1. The molecule has 6 heteroatoms. The summed E-state index contributed by atoms with van der Waals surface area (Å²) in [5, 5.41) is 2.93. The molecule has 0 bridgehead atoms. The van der Waals surface area contributed by atoms with Gasteiger partial charge in [0.05, 0.1) is 12.1 Å². The highest BCUT2D eigenvalue weighted by Gasteiger charge is 2.44. The van der Waals surface area contributed by atoms with E-state index in [4.69, 9.17) is 9.47 Å². The van der Waals surface area contributed by atoms with E-state index in [-0.39, 0.29) is 18.6 Å². The molecular formula is C12H20N2O4. The number of rotatable bonds is 0. The lowest BCUT2D eigenvalue weighted by atomic mass is 9.99. The molecule has 2 rings (SSSR count). The topological polar surface area (TPSA) is 67.9 Å². The van der Waals surface area contributed by atoms with Crippen LogP contribution in [0.4, 0.5) is 4.79 Å². The van der Waals surface area contributed by atoms with Gasteiger partial charge in [-0.15, -0.1) is 0 Å². The summed E-state index contributed by atoms with van der Waals surface area (Å²) in [6.45, 7) is 7.10. The highest BCUT2D eigenvalue weighted by Crippen LogP contribution is 2.25. The predicted molar refractivity (Wildman–Crippen MR) is 64.1 cm³/mol. The van der Waals surface area contributed by atoms with Crippen LogP contribution in [0.25, 0.3) is 0 Å². The molecule has 2 aliphatic rings. The van der Waals surface area contributed by atoms with Gasteiger partial charge in [0, 0.05) is 13.1 Å². The summed E-state index contributed by atoms with van der Waals surface area (Å²) in [4.78, 5) is 24.9. The minimum Gasteiger partial charge on any atom is -0.444 e. The Morgan fingerprint density at radius 3 is 2.83 bits per heavy atom. The van der Waals surface area contributed by atoms with Gasteiger partial charge in [-0.05, 0) is 27.2 Å². The Bertz CT molecular complexity index is 364. The molecule has 0 aromatic heterocycles. The van der Waals surface area contributed by atoms with Crippen LogP contribution in [-0.4, -0.2) is 54.3 Å². The summed E-state index contributed by atoms with van der Waals surface area (Å²) in [6, 6.07) is 0. The van der Waals surface area contributed by atoms with E-state index in [1.807, 2.05) is 20.8 Å². The zero-order chi connectivity index (χ0) is 13.4. The lowest BCUT2D eigenvalue weighted by Crippen LogP contribution is -2.58. The molecule has 2 saturated heterocycles. The number of nitrogens with zero attached hydrogens (tertiary/aromatic N) is 1. The second kappa shape index (κ2) is 4.42. The van der Waals surface area contributed by atoms with E-state index in [1.54, 1.807) is 4.90 Å². The largest absolute Gasteiger partial charge is 0.444 e. The lowest BCUT2D eigenvalue weighted by Gasteiger charge is -2.34. The number of hydrogen-bond acceptors (Lipinski definition) is 4. The smallest absolute Gasteiger partial charge is 0.410 e. The standard InChI is InChI=1S/C12H20N2O4/c1-11(2,3)18-10(16)14-5-4-12(7-14)8-17-6-9(15)13-12/h4-8H2,1-3H3,(H,13,15). The first-order chi connectivity index (χ1) is 8.30. The van der Waals surface area contributed by atoms with Crippen LogP contribution in [0.2, 0.25) is 0 Å². The van der Waals surface area contributed by atoms with Crippen molar-refractivity contribution in [3.05, 3.63) is 0 Å². The quantitative estimate of drug-likeness (QED) is 0.686. The third kappa shape index (κ3) is 2.93. The van der Waals surface area contributed by atoms with Gasteiger partial charge in [0.25, 0.3) is 0 Å². The fourth-order valence-electron chi connectivity index (χ4n) is 2.28. The van der Waals surface area contributed by atoms with E-state index >= 15 is 0 Å². The molecule has 2 aliphatic heterocycles. The van der Waals surface area contributed by atoms with Gasteiger partial charge < -0.3 is 19.7 Å². The fourth-order valence-corrected chi connectivity index (χ4v) is 2.28. The van der Waals surface area contributed by atoms with Gasteiger partial charge in [-0.2, -0.15) is 0 Å². The van der Waals surface area contributed by atoms with Gasteiger partial charge in [0.15, 0.2) is 0 Å². The van der Waals surface area contributed by atoms with Crippen molar-refractivity contribution in [1.82, 2.24) is 10.2 Å². The van der Waals surface area contributed by atoms with Gasteiger partial charge in [-0.25, -0.2) is 4.79 Å². The molecule has 2 amide bonds. The van der Waals surface area contributed by atoms with E-state index in [9.17, 15) is 9.59 Å². The molecule has 0 aromatic carbocycles. The maximum Gasteiger partial charge on any atom is 0.410 e. The van der Waals surface area contributed by atoms with Crippen LogP contribution in [0.1, 0.15) is 27.2 Å². The van der Waals surface area contributed by atoms with Crippen LogP contribution in [0.5, 0.6) is 0 Å². The van der Waals surface area contributed by atoms with Gasteiger partial charge in [-0.1, -0.05) is 0 Å². The number of carbonyl (C=O) groups excluding carboxylic acids is 2. The fraction of sp³-hybridized carbons (Fsp3) is 0.833. The van der Waals surface area contributed by atoms with Crippen LogP contribution in [0.3, 0.4) is 0 Å². The molecule has 102 valence electrons. The number of amides is 2. The Labute approximate surface area is 107 Å². The minimum absolute atomic E-state index is 0.105. The second-order valence-corrected chi connectivity index (χ2v) is 5.97. The van der Waals surface area contributed by atoms with Crippen LogP contribution in [0, 0.1) is 0 Å². The summed E-state index contributed by atoms with van der Waals surface area (Å²) < 4.78 is 10.6. The van der Waals surface area contributed by atoms with E-state index in [2.05, 4.69) is 5.32 Å². The molecule has 2 fully saturated rings. The van der Waals surface area contributed by atoms with Crippen molar-refractivity contribution in [1.29, 1.82) is 0 Å². The summed E-state index contributed by atoms with van der Waals surface area (Å²) in [5.41, 5.74) is -0.925. The Kier molecular flexibility index (Phi) is 3.23. The first-order valence-corrected chi connectivity index (χ1v) is 6.16. The molecule has 1 spiro atoms. The number of carbonyl (C=O) groups is 2. The van der Waals surface area contributed by atoms with Crippen molar-refractivity contribution in [2.24, 2.45) is 0 Å². The van der Waals surface area contributed by atoms with Crippen molar-refractivity contribution < 1.29 is 19.1 Å². The van der Waals surface area contributed by atoms with E-state index in [1.165, 1.54) is 0 Å². The van der Waals surface area contributed by atoms with Crippen LogP contribution < -0.4 is 5.32 Å². The number of hydrogen-bond donors (Lipinski definition) is 1. The normalized spacial score (nSPS) is 28.4. The predicted octanol–water partition coefficient (Wildman–Crippen LogP) is 0.512. The highest BCUT2D eigenvalue weighted by atomic mass is 16.6. The molecule has 6 nitrogen and oxygen atoms in total. The molecule has 0 aliphatic carbocycles. The molecule has 0 saturated carbocycles. The average Bonchev–Trinajstić information content (AvgIpc) is 2.59. The third-order valence-electron chi connectivity index (χ3n) is 3.02. The van der Waals surface area contributed by atoms with Crippen molar-refractivity contribution in [2.75, 3.05) is 26.3 Å². The van der Waals surface area contributed by atoms with Crippen molar-refractivity contribution in [3.8, 4) is 0 Å². The van der Waals surface area contributed by atoms with Crippen molar-refractivity contribution in [2.45, 2.75) is 38.3 Å². The zero-order valence-electron chi connectivity index (χ0n) is 11.1. The number of nitrogens with one attached hydrogen (secondary N) is 1. The monoisotopic (exact) mass is 256 g/mol. The average molecular weight is 256 g/mol. The lowest BCUT2D eigenvalue weighted by molar-refractivity contribution is -0.134. The summed E-state index contributed by atoms with van der Waals surface area (Å²) in [6.07, 6.45) is 0.372. The molecule has 18 heavy (non-hydrogen) atoms. The number of likely N-dealkylation sites (tertiary alicyclic amines) is 1. The molecule has 1 unspecified atom stereocenters. The molecule has 1 N–H and O–H groups in total. The maximum absolute atomic E-state index is 11.9. The van der Waals surface area contributed by atoms with Crippen LogP contribution in [0.15, 0.2) is 0 Å². The maximum atomic E-state index is 11.9. The Morgan fingerprint density at radius 2 is 2.22 bits per heavy atom. The van der Waals surface area contributed by atoms with Gasteiger partial charge >= 0.3 is 6.09 Å². The van der Waals surface area contributed by atoms with Crippen LogP contribution >= 0.6 is 0 Å². The molecular weight excluding hydrogens is 236 g/mol. The Morgan fingerprint density at radius 1 is 1.50 bits per heavy atom. The van der Waals surface area contributed by atoms with Crippen LogP contribution in [-0.2, 0) is 14.3 Å². The number of ether oxygens (including phenoxy) is 2. The second-order valence-electron chi connectivity index (χ2n) is 5.97. The van der Waals surface area contributed by atoms with E-state index < -0.39 is 11.1 Å². The SMILES string of the molecule is CC(C)(C)OC(=O)N1CCC2(COCC(=O)N2)C1. The molecule has 1 atom stereocenters. The van der Waals surface area contributed by atoms with Crippen molar-refractivity contribution in [3.63, 3.8) is 0 Å². The van der Waals surface area contributed by atoms with Gasteiger partial charge in [-0.3, -0.25) is 4.79 Å². The van der Waals surface area contributed by atoms with Gasteiger partial charge in [0.1, 0.15) is 12.2 Å². The number of morpholine rings is 1. The summed E-state index contributed by atoms with van der Waals surface area (Å²) in [7, 11) is 0. The van der Waals surface area contributed by atoms with Gasteiger partial charge in [0.2, 0.25) is 5.91 Å². The van der Waals surface area contributed by atoms with E-state index in [0.29, 0.717) is 26.1 Å². The van der Waals surface area contributed by atoms with E-state index in [0.717, 1.165) is 0 Å². The molecule has 2 heterocycles. The summed E-state index contributed by atoms with van der Waals surface area (Å²) in [5.74, 6) is -0.118. The third-order valence-corrected chi connectivity index (χ3v) is 3.02. The Balaban J connectivity index is 1.95. The minimum atomic E-state index is -0.501. The first kappa shape index (κ1) is 13.1. The van der Waals surface area contributed by atoms with Crippen molar-refractivity contribution >= 4 is 12.0 Å². The highest BCUT2D eigenvalue weighted by molar-refractivity contribution is 5.79. The molecule has 0 aromatic rings. The molecule has 0 radical (unpaired) electrons. The summed E-state index contributed by atoms with van der Waals surface area (Å²) >= 11 is 0.